The Balaban J connectivity index is 0.00000261. The summed E-state index contributed by atoms with van der Waals surface area (Å²) in [6.45, 7) is 5.74. The van der Waals surface area contributed by atoms with Crippen molar-refractivity contribution in [3.8, 4) is 0 Å². The molecule has 1 aromatic heterocycles. The van der Waals surface area contributed by atoms with Gasteiger partial charge in [0.2, 0.25) is 0 Å². The Bertz CT molecular complexity index is 688. The van der Waals surface area contributed by atoms with Crippen LogP contribution in [-0.2, 0) is 11.3 Å². The predicted octanol–water partition coefficient (Wildman–Crippen LogP) is 2.21. The van der Waals surface area contributed by atoms with E-state index < -0.39 is 0 Å². The summed E-state index contributed by atoms with van der Waals surface area (Å²) in [5, 5.41) is 14.4. The third kappa shape index (κ3) is 6.61. The number of piperidine rings is 1. The van der Waals surface area contributed by atoms with Gasteiger partial charge in [-0.2, -0.15) is 0 Å². The topological polar surface area (TPSA) is 81.1 Å². The summed E-state index contributed by atoms with van der Waals surface area (Å²) in [4.78, 5) is 12.3. The number of amides is 1. The van der Waals surface area contributed by atoms with Gasteiger partial charge in [-0.3, -0.25) is 4.79 Å². The normalized spacial score (nSPS) is 15.7. The first kappa shape index (κ1) is 21.3. The molecule has 1 unspecified atom stereocenters. The average molecular weight is 394 g/mol. The van der Waals surface area contributed by atoms with E-state index in [0.29, 0.717) is 31.5 Å². The highest BCUT2D eigenvalue weighted by molar-refractivity contribution is 5.91. The van der Waals surface area contributed by atoms with Gasteiger partial charge in [-0.15, -0.1) is 17.5 Å². The zero-order chi connectivity index (χ0) is 18.2. The number of hydrogen-bond donors (Lipinski definition) is 2. The van der Waals surface area contributed by atoms with Crippen LogP contribution < -0.4 is 10.6 Å². The molecular formula is C19H28ClN5O2. The van der Waals surface area contributed by atoms with E-state index in [-0.39, 0.29) is 24.2 Å². The summed E-state index contributed by atoms with van der Waals surface area (Å²) in [5.74, 6) is 0.0437. The zero-order valence-electron chi connectivity index (χ0n) is 15.6. The number of nitrogens with one attached hydrogen (secondary N) is 2. The summed E-state index contributed by atoms with van der Waals surface area (Å²) >= 11 is 0. The van der Waals surface area contributed by atoms with Crippen LogP contribution in [0.4, 0.5) is 0 Å². The SMILES string of the molecule is CC(CNC(=O)c1cn(C2CCNCC2)nn1)COCc1ccccc1.Cl. The van der Waals surface area contributed by atoms with Crippen molar-refractivity contribution in [2.75, 3.05) is 26.2 Å². The maximum atomic E-state index is 12.3. The van der Waals surface area contributed by atoms with Gasteiger partial charge in [0.05, 0.1) is 25.5 Å². The molecule has 3 rings (SSSR count). The molecule has 1 amide bonds. The maximum Gasteiger partial charge on any atom is 0.273 e. The lowest BCUT2D eigenvalue weighted by molar-refractivity contribution is 0.0841. The van der Waals surface area contributed by atoms with E-state index in [2.05, 4.69) is 27.9 Å². The number of carbonyl (C=O) groups excluding carboxylic acids is 1. The minimum absolute atomic E-state index is 0. The molecule has 0 bridgehead atoms. The molecule has 1 atom stereocenters. The van der Waals surface area contributed by atoms with E-state index in [1.165, 1.54) is 0 Å². The average Bonchev–Trinajstić information content (AvgIpc) is 3.18. The van der Waals surface area contributed by atoms with Crippen LogP contribution in [0.2, 0.25) is 0 Å². The summed E-state index contributed by atoms with van der Waals surface area (Å²) in [6, 6.07) is 10.4. The Kier molecular flexibility index (Phi) is 8.71. The molecule has 27 heavy (non-hydrogen) atoms. The van der Waals surface area contributed by atoms with E-state index in [0.717, 1.165) is 31.5 Å². The monoisotopic (exact) mass is 393 g/mol. The van der Waals surface area contributed by atoms with Gasteiger partial charge in [-0.05, 0) is 37.4 Å². The number of benzene rings is 1. The Morgan fingerprint density at radius 1 is 1.33 bits per heavy atom. The molecule has 1 saturated heterocycles. The molecule has 0 radical (unpaired) electrons. The first-order valence-corrected chi connectivity index (χ1v) is 9.25. The number of hydrogen-bond acceptors (Lipinski definition) is 5. The molecule has 1 aliphatic rings. The fourth-order valence-electron chi connectivity index (χ4n) is 3.00. The van der Waals surface area contributed by atoms with E-state index in [4.69, 9.17) is 4.74 Å². The van der Waals surface area contributed by atoms with Gasteiger partial charge < -0.3 is 15.4 Å². The van der Waals surface area contributed by atoms with Crippen LogP contribution in [-0.4, -0.2) is 47.1 Å². The smallest absolute Gasteiger partial charge is 0.273 e. The molecule has 2 aromatic rings. The second-order valence-corrected chi connectivity index (χ2v) is 6.88. The highest BCUT2D eigenvalue weighted by Crippen LogP contribution is 2.17. The van der Waals surface area contributed by atoms with Crippen molar-refractivity contribution < 1.29 is 9.53 Å². The molecule has 2 heterocycles. The summed E-state index contributed by atoms with van der Waals surface area (Å²) < 4.78 is 7.54. The van der Waals surface area contributed by atoms with Crippen molar-refractivity contribution in [3.05, 3.63) is 47.8 Å². The van der Waals surface area contributed by atoms with E-state index in [1.807, 2.05) is 35.0 Å². The second kappa shape index (κ2) is 11.0. The quantitative estimate of drug-likeness (QED) is 0.718. The summed E-state index contributed by atoms with van der Waals surface area (Å²) in [5.41, 5.74) is 1.53. The first-order valence-electron chi connectivity index (χ1n) is 9.25. The minimum Gasteiger partial charge on any atom is -0.376 e. The Morgan fingerprint density at radius 3 is 2.81 bits per heavy atom. The van der Waals surface area contributed by atoms with Crippen LogP contribution in [0.15, 0.2) is 36.5 Å². The highest BCUT2D eigenvalue weighted by atomic mass is 35.5. The van der Waals surface area contributed by atoms with Crippen LogP contribution in [0, 0.1) is 5.92 Å². The molecule has 148 valence electrons. The lowest BCUT2D eigenvalue weighted by Gasteiger charge is -2.22. The number of aromatic nitrogens is 3. The van der Waals surface area contributed by atoms with Crippen molar-refractivity contribution in [3.63, 3.8) is 0 Å². The zero-order valence-corrected chi connectivity index (χ0v) is 16.5. The predicted molar refractivity (Wildman–Crippen MR) is 106 cm³/mol. The molecule has 1 aliphatic heterocycles. The van der Waals surface area contributed by atoms with Gasteiger partial charge in [-0.25, -0.2) is 4.68 Å². The number of ether oxygens (including phenoxy) is 1. The largest absolute Gasteiger partial charge is 0.376 e. The molecule has 0 saturated carbocycles. The maximum absolute atomic E-state index is 12.3. The second-order valence-electron chi connectivity index (χ2n) is 6.88. The first-order chi connectivity index (χ1) is 12.7. The summed E-state index contributed by atoms with van der Waals surface area (Å²) in [7, 11) is 0. The minimum atomic E-state index is -0.180. The van der Waals surface area contributed by atoms with E-state index >= 15 is 0 Å². The molecular weight excluding hydrogens is 366 g/mol. The molecule has 8 heteroatoms. The molecule has 1 fully saturated rings. The number of carbonyl (C=O) groups is 1. The van der Waals surface area contributed by atoms with E-state index in [1.54, 1.807) is 6.20 Å². The van der Waals surface area contributed by atoms with Crippen LogP contribution in [0.25, 0.3) is 0 Å². The van der Waals surface area contributed by atoms with Crippen molar-refractivity contribution in [1.82, 2.24) is 25.6 Å². The number of nitrogens with zero attached hydrogens (tertiary/aromatic N) is 3. The van der Waals surface area contributed by atoms with Crippen molar-refractivity contribution in [2.45, 2.75) is 32.4 Å². The fraction of sp³-hybridized carbons (Fsp3) is 0.526. The molecule has 0 aliphatic carbocycles. The molecule has 2 N–H and O–H groups in total. The molecule has 1 aromatic carbocycles. The Hall–Kier alpha value is -1.96. The fourth-order valence-corrected chi connectivity index (χ4v) is 3.00. The molecule has 7 nitrogen and oxygen atoms in total. The van der Waals surface area contributed by atoms with Crippen LogP contribution in [0.1, 0.15) is 41.9 Å². The van der Waals surface area contributed by atoms with Crippen molar-refractivity contribution in [2.24, 2.45) is 5.92 Å². The Morgan fingerprint density at radius 2 is 2.07 bits per heavy atom. The van der Waals surface area contributed by atoms with Crippen molar-refractivity contribution in [1.29, 1.82) is 0 Å². The van der Waals surface area contributed by atoms with Gasteiger partial charge in [0.1, 0.15) is 0 Å². The summed E-state index contributed by atoms with van der Waals surface area (Å²) in [6.07, 6.45) is 3.78. The Labute approximate surface area is 166 Å². The van der Waals surface area contributed by atoms with Gasteiger partial charge in [0.15, 0.2) is 5.69 Å². The van der Waals surface area contributed by atoms with Crippen LogP contribution >= 0.6 is 12.4 Å². The lowest BCUT2D eigenvalue weighted by atomic mass is 10.1. The molecule has 0 spiro atoms. The van der Waals surface area contributed by atoms with Gasteiger partial charge in [0.25, 0.3) is 5.91 Å². The third-order valence-electron chi connectivity index (χ3n) is 4.55. The lowest BCUT2D eigenvalue weighted by Crippen LogP contribution is -2.30. The van der Waals surface area contributed by atoms with Crippen LogP contribution in [0.3, 0.4) is 0 Å². The van der Waals surface area contributed by atoms with E-state index in [9.17, 15) is 4.79 Å². The van der Waals surface area contributed by atoms with Gasteiger partial charge in [0, 0.05) is 6.54 Å². The third-order valence-corrected chi connectivity index (χ3v) is 4.55. The van der Waals surface area contributed by atoms with Gasteiger partial charge in [-0.1, -0.05) is 42.5 Å². The number of rotatable bonds is 8. The number of halogens is 1. The standard InChI is InChI=1S/C19H27N5O2.ClH/c1-15(13-26-14-16-5-3-2-4-6-16)11-21-19(25)18-12-24(23-22-18)17-7-9-20-10-8-17;/h2-6,12,15,17,20H,7-11,13-14H2,1H3,(H,21,25);1H. The van der Waals surface area contributed by atoms with Gasteiger partial charge >= 0.3 is 0 Å². The van der Waals surface area contributed by atoms with Crippen molar-refractivity contribution >= 4 is 18.3 Å². The van der Waals surface area contributed by atoms with Crippen LogP contribution in [0.5, 0.6) is 0 Å². The highest BCUT2D eigenvalue weighted by Gasteiger charge is 2.18.